The summed E-state index contributed by atoms with van der Waals surface area (Å²) >= 11 is 29.3. The van der Waals surface area contributed by atoms with E-state index in [1.807, 2.05) is 0 Å². The molecule has 0 aliphatic carbocycles. The summed E-state index contributed by atoms with van der Waals surface area (Å²) in [6, 6.07) is 2.72. The maximum Gasteiger partial charge on any atom is 0.179 e. The van der Waals surface area contributed by atoms with Crippen LogP contribution in [-0.4, -0.2) is 10.2 Å². The number of phenols is 2. The van der Waals surface area contributed by atoms with Crippen molar-refractivity contribution in [3.05, 3.63) is 42.8 Å². The number of rotatable bonds is 2. The summed E-state index contributed by atoms with van der Waals surface area (Å²) in [7, 11) is 0. The highest BCUT2D eigenvalue weighted by Crippen LogP contribution is 2.48. The molecule has 2 N–H and O–H groups in total. The lowest BCUT2D eigenvalue weighted by atomic mass is 10.2. The van der Waals surface area contributed by atoms with Gasteiger partial charge in [0.1, 0.15) is 10.0 Å². The molecule has 0 saturated heterocycles. The first kappa shape index (κ1) is 16.7. The van der Waals surface area contributed by atoms with E-state index < -0.39 is 5.75 Å². The molecule has 0 aromatic heterocycles. The SMILES string of the molecule is Cc1cc(Oc2cc(Cl)c(Cl)c(Cl)c2O)c(O)c(Cl)c1Cl. The normalized spacial score (nSPS) is 10.8. The van der Waals surface area contributed by atoms with Crippen molar-refractivity contribution in [3.63, 3.8) is 0 Å². The molecule has 0 atom stereocenters. The monoisotopic (exact) mass is 386 g/mol. The molecule has 0 aliphatic rings. The van der Waals surface area contributed by atoms with Gasteiger partial charge in [0.05, 0.1) is 15.1 Å². The van der Waals surface area contributed by atoms with Gasteiger partial charge in [-0.15, -0.1) is 0 Å². The molecule has 112 valence electrons. The quantitative estimate of drug-likeness (QED) is 0.580. The Balaban J connectivity index is 2.54. The Morgan fingerprint density at radius 3 is 1.81 bits per heavy atom. The number of benzene rings is 2. The van der Waals surface area contributed by atoms with E-state index in [4.69, 9.17) is 62.7 Å². The van der Waals surface area contributed by atoms with Gasteiger partial charge < -0.3 is 14.9 Å². The first-order valence-corrected chi connectivity index (χ1v) is 7.34. The van der Waals surface area contributed by atoms with Crippen molar-refractivity contribution in [2.24, 2.45) is 0 Å². The fraction of sp³-hybridized carbons (Fsp3) is 0.0769. The first-order valence-electron chi connectivity index (χ1n) is 5.46. The van der Waals surface area contributed by atoms with Gasteiger partial charge in [-0.25, -0.2) is 0 Å². The number of phenolic OH excluding ortho intramolecular Hbond substituents is 2. The predicted octanol–water partition coefficient (Wildman–Crippen LogP) is 6.47. The number of hydrogen-bond donors (Lipinski definition) is 2. The molecule has 2 rings (SSSR count). The zero-order chi connectivity index (χ0) is 15.9. The summed E-state index contributed by atoms with van der Waals surface area (Å²) < 4.78 is 5.40. The van der Waals surface area contributed by atoms with Crippen LogP contribution >= 0.6 is 58.0 Å². The average Bonchev–Trinajstić information content (AvgIpc) is 2.45. The largest absolute Gasteiger partial charge is 0.503 e. The van der Waals surface area contributed by atoms with Crippen LogP contribution in [0.2, 0.25) is 25.1 Å². The van der Waals surface area contributed by atoms with Gasteiger partial charge in [-0.1, -0.05) is 58.0 Å². The minimum Gasteiger partial charge on any atom is -0.503 e. The van der Waals surface area contributed by atoms with Gasteiger partial charge in [-0.2, -0.15) is 0 Å². The van der Waals surface area contributed by atoms with E-state index in [9.17, 15) is 10.2 Å². The summed E-state index contributed by atoms with van der Waals surface area (Å²) in [5.74, 6) is -0.864. The van der Waals surface area contributed by atoms with Crippen LogP contribution in [0.15, 0.2) is 12.1 Å². The van der Waals surface area contributed by atoms with Crippen molar-refractivity contribution in [1.29, 1.82) is 0 Å². The summed E-state index contributed by atoms with van der Waals surface area (Å²) in [6.07, 6.45) is 0. The van der Waals surface area contributed by atoms with E-state index in [0.29, 0.717) is 5.56 Å². The van der Waals surface area contributed by atoms with E-state index in [1.165, 1.54) is 12.1 Å². The van der Waals surface area contributed by atoms with Gasteiger partial charge in [0.25, 0.3) is 0 Å². The molecular weight excluding hydrogens is 381 g/mol. The standard InChI is InChI=1S/C13H7Cl5O3/c1-4-2-6(12(19)10(17)8(4)15)21-7-3-5(14)9(16)11(18)13(7)20/h2-3,19-20H,1H3. The molecule has 0 heterocycles. The lowest BCUT2D eigenvalue weighted by molar-refractivity contribution is 0.385. The lowest BCUT2D eigenvalue weighted by Crippen LogP contribution is -1.90. The van der Waals surface area contributed by atoms with Crippen LogP contribution in [0.25, 0.3) is 0 Å². The molecule has 2 aromatic carbocycles. The number of aromatic hydroxyl groups is 2. The summed E-state index contributed by atoms with van der Waals surface area (Å²) in [4.78, 5) is 0. The lowest BCUT2D eigenvalue weighted by Gasteiger charge is -2.14. The molecule has 0 radical (unpaired) electrons. The molecule has 0 bridgehead atoms. The third-order valence-corrected chi connectivity index (χ3v) is 4.85. The molecule has 0 spiro atoms. The molecule has 0 saturated carbocycles. The van der Waals surface area contributed by atoms with Crippen LogP contribution in [0, 0.1) is 6.92 Å². The van der Waals surface area contributed by atoms with Crippen LogP contribution in [0.1, 0.15) is 5.56 Å². The molecule has 0 amide bonds. The van der Waals surface area contributed by atoms with Crippen molar-refractivity contribution >= 4 is 58.0 Å². The molecule has 0 unspecified atom stereocenters. The zero-order valence-electron chi connectivity index (χ0n) is 10.3. The van der Waals surface area contributed by atoms with E-state index in [2.05, 4.69) is 0 Å². The van der Waals surface area contributed by atoms with Gasteiger partial charge in [0, 0.05) is 6.07 Å². The van der Waals surface area contributed by atoms with Gasteiger partial charge in [-0.05, 0) is 18.6 Å². The van der Waals surface area contributed by atoms with E-state index in [-0.39, 0.29) is 42.4 Å². The maximum absolute atomic E-state index is 9.93. The van der Waals surface area contributed by atoms with Crippen molar-refractivity contribution in [3.8, 4) is 23.0 Å². The van der Waals surface area contributed by atoms with Crippen LogP contribution in [0.5, 0.6) is 23.0 Å². The Labute approximate surface area is 145 Å². The second-order valence-corrected chi connectivity index (χ2v) is 6.02. The van der Waals surface area contributed by atoms with Crippen molar-refractivity contribution in [2.45, 2.75) is 6.92 Å². The number of aryl methyl sites for hydroxylation is 1. The highest BCUT2D eigenvalue weighted by Gasteiger charge is 2.19. The first-order chi connectivity index (χ1) is 9.73. The Hall–Kier alpha value is -0.710. The number of ether oxygens (including phenoxy) is 1. The van der Waals surface area contributed by atoms with E-state index in [0.717, 1.165) is 0 Å². The molecular formula is C13H7Cl5O3. The molecule has 0 aliphatic heterocycles. The summed E-state index contributed by atoms with van der Waals surface area (Å²) in [5, 5.41) is 19.9. The maximum atomic E-state index is 9.93. The van der Waals surface area contributed by atoms with E-state index >= 15 is 0 Å². The summed E-state index contributed by atoms with van der Waals surface area (Å²) in [6.45, 7) is 1.68. The smallest absolute Gasteiger partial charge is 0.179 e. The molecule has 3 nitrogen and oxygen atoms in total. The van der Waals surface area contributed by atoms with Gasteiger partial charge in [-0.3, -0.25) is 0 Å². The van der Waals surface area contributed by atoms with Crippen LogP contribution in [0.3, 0.4) is 0 Å². The topological polar surface area (TPSA) is 49.7 Å². The minimum absolute atomic E-state index is 0.00211. The highest BCUT2D eigenvalue weighted by molar-refractivity contribution is 6.48. The van der Waals surface area contributed by atoms with Crippen LogP contribution in [0.4, 0.5) is 0 Å². The predicted molar refractivity (Wildman–Crippen MR) is 86.1 cm³/mol. The zero-order valence-corrected chi connectivity index (χ0v) is 14.1. The Morgan fingerprint density at radius 1 is 0.762 bits per heavy atom. The number of hydrogen-bond acceptors (Lipinski definition) is 3. The Morgan fingerprint density at radius 2 is 1.24 bits per heavy atom. The third-order valence-electron chi connectivity index (χ3n) is 2.65. The van der Waals surface area contributed by atoms with Crippen molar-refractivity contribution in [2.75, 3.05) is 0 Å². The van der Waals surface area contributed by atoms with Gasteiger partial charge in [0.2, 0.25) is 0 Å². The Kier molecular flexibility index (Phi) is 4.91. The van der Waals surface area contributed by atoms with E-state index in [1.54, 1.807) is 6.92 Å². The third kappa shape index (κ3) is 3.08. The second-order valence-electron chi connectivity index (χ2n) is 4.10. The van der Waals surface area contributed by atoms with Gasteiger partial charge in [0.15, 0.2) is 23.0 Å². The number of halogens is 5. The fourth-order valence-corrected chi connectivity index (χ4v) is 2.52. The van der Waals surface area contributed by atoms with Crippen LogP contribution in [-0.2, 0) is 0 Å². The Bertz CT molecular complexity index is 669. The van der Waals surface area contributed by atoms with Crippen molar-refractivity contribution < 1.29 is 14.9 Å². The summed E-state index contributed by atoms with van der Waals surface area (Å²) in [5.41, 5.74) is 0.583. The minimum atomic E-state index is -0.408. The second kappa shape index (κ2) is 6.19. The fourth-order valence-electron chi connectivity index (χ4n) is 1.55. The van der Waals surface area contributed by atoms with Crippen molar-refractivity contribution in [1.82, 2.24) is 0 Å². The highest BCUT2D eigenvalue weighted by atomic mass is 35.5. The van der Waals surface area contributed by atoms with Crippen LogP contribution < -0.4 is 4.74 Å². The molecule has 0 fully saturated rings. The molecule has 2 aromatic rings. The average molecular weight is 388 g/mol. The molecule has 21 heavy (non-hydrogen) atoms. The van der Waals surface area contributed by atoms with Gasteiger partial charge >= 0.3 is 0 Å². The molecule has 8 heteroatoms.